The van der Waals surface area contributed by atoms with Crippen molar-refractivity contribution in [3.8, 4) is 0 Å². The van der Waals surface area contributed by atoms with Crippen molar-refractivity contribution in [1.82, 2.24) is 0 Å². The van der Waals surface area contributed by atoms with Crippen LogP contribution in [0.2, 0.25) is 0 Å². The van der Waals surface area contributed by atoms with Gasteiger partial charge in [-0.05, 0) is 66.7 Å². The quantitative estimate of drug-likeness (QED) is 0.619. The summed E-state index contributed by atoms with van der Waals surface area (Å²) in [5.74, 6) is 1.76. The summed E-state index contributed by atoms with van der Waals surface area (Å²) in [6, 6.07) is 17.5. The van der Waals surface area contributed by atoms with Crippen molar-refractivity contribution in [3.63, 3.8) is 0 Å². The zero-order valence-electron chi connectivity index (χ0n) is 15.0. The maximum absolute atomic E-state index is 6.06. The number of hydrogen-bond donors (Lipinski definition) is 1. The first kappa shape index (κ1) is 17.1. The average Bonchev–Trinajstić information content (AvgIpc) is 2.63. The van der Waals surface area contributed by atoms with E-state index in [0.717, 1.165) is 23.9 Å². The molecule has 1 aliphatic carbocycles. The monoisotopic (exact) mass is 321 g/mol. The minimum Gasteiger partial charge on any atom is -0.398 e. The molecule has 1 aliphatic rings. The number of para-hydroxylation sites is 1. The predicted molar refractivity (Wildman–Crippen MR) is 104 cm³/mol. The summed E-state index contributed by atoms with van der Waals surface area (Å²) in [4.78, 5) is 0. The van der Waals surface area contributed by atoms with E-state index in [-0.39, 0.29) is 0 Å². The van der Waals surface area contributed by atoms with Crippen molar-refractivity contribution in [3.05, 3.63) is 65.2 Å². The van der Waals surface area contributed by atoms with Crippen molar-refractivity contribution in [2.45, 2.75) is 64.2 Å². The number of nitrogens with two attached hydrogens (primary N) is 1. The first-order valence-corrected chi connectivity index (χ1v) is 9.68. The molecule has 0 aliphatic heterocycles. The van der Waals surface area contributed by atoms with Crippen molar-refractivity contribution < 1.29 is 0 Å². The molecule has 0 unspecified atom stereocenters. The lowest BCUT2D eigenvalue weighted by molar-refractivity contribution is 0.304. The van der Waals surface area contributed by atoms with Crippen LogP contribution in [0.25, 0.3) is 0 Å². The highest BCUT2D eigenvalue weighted by Crippen LogP contribution is 2.37. The summed E-state index contributed by atoms with van der Waals surface area (Å²) < 4.78 is 0. The van der Waals surface area contributed by atoms with Gasteiger partial charge in [0.15, 0.2) is 0 Å². The number of anilines is 1. The predicted octanol–water partition coefficient (Wildman–Crippen LogP) is 6.32. The molecule has 2 aromatic carbocycles. The number of unbranched alkanes of at least 4 members (excludes halogenated alkanes) is 1. The van der Waals surface area contributed by atoms with E-state index in [1.54, 1.807) is 0 Å². The Bertz CT molecular complexity index is 621. The Hall–Kier alpha value is -1.76. The SMILES string of the molecule is CCCCC1CCC(c2ccc(Cc3ccccc3N)cc2)CC1. The maximum Gasteiger partial charge on any atom is 0.0349 e. The minimum atomic E-state index is 0.777. The van der Waals surface area contributed by atoms with Crippen molar-refractivity contribution in [1.29, 1.82) is 0 Å². The Kier molecular flexibility index (Phi) is 5.96. The molecule has 2 aromatic rings. The van der Waals surface area contributed by atoms with Crippen LogP contribution in [0.1, 0.15) is 74.5 Å². The Morgan fingerprint density at radius 3 is 2.29 bits per heavy atom. The average molecular weight is 322 g/mol. The van der Waals surface area contributed by atoms with Crippen molar-refractivity contribution in [2.24, 2.45) is 5.92 Å². The molecule has 0 spiro atoms. The second-order valence-electron chi connectivity index (χ2n) is 7.48. The summed E-state index contributed by atoms with van der Waals surface area (Å²) in [5.41, 5.74) is 11.1. The second kappa shape index (κ2) is 8.37. The Labute approximate surface area is 147 Å². The van der Waals surface area contributed by atoms with Gasteiger partial charge in [0.2, 0.25) is 0 Å². The molecule has 0 amide bonds. The fourth-order valence-electron chi connectivity index (χ4n) is 4.10. The Morgan fingerprint density at radius 1 is 0.917 bits per heavy atom. The van der Waals surface area contributed by atoms with Crippen LogP contribution in [-0.4, -0.2) is 0 Å². The van der Waals surface area contributed by atoms with Crippen LogP contribution in [-0.2, 0) is 6.42 Å². The highest BCUT2D eigenvalue weighted by Gasteiger charge is 2.21. The molecular formula is C23H31N. The zero-order valence-corrected chi connectivity index (χ0v) is 15.0. The van der Waals surface area contributed by atoms with Crippen LogP contribution in [0.15, 0.2) is 48.5 Å². The van der Waals surface area contributed by atoms with Crippen LogP contribution >= 0.6 is 0 Å². The third-order valence-corrected chi connectivity index (χ3v) is 5.71. The lowest BCUT2D eigenvalue weighted by Gasteiger charge is -2.29. The molecule has 2 N–H and O–H groups in total. The summed E-state index contributed by atoms with van der Waals surface area (Å²) in [5, 5.41) is 0. The molecule has 0 atom stereocenters. The second-order valence-corrected chi connectivity index (χ2v) is 7.48. The van der Waals surface area contributed by atoms with Crippen LogP contribution in [0.5, 0.6) is 0 Å². The van der Waals surface area contributed by atoms with Gasteiger partial charge in [-0.1, -0.05) is 68.7 Å². The highest BCUT2D eigenvalue weighted by atomic mass is 14.6. The van der Waals surface area contributed by atoms with Gasteiger partial charge >= 0.3 is 0 Å². The van der Waals surface area contributed by atoms with Crippen LogP contribution in [0.4, 0.5) is 5.69 Å². The molecule has 1 saturated carbocycles. The van der Waals surface area contributed by atoms with Gasteiger partial charge < -0.3 is 5.73 Å². The van der Waals surface area contributed by atoms with Crippen molar-refractivity contribution >= 4 is 5.69 Å². The fourth-order valence-corrected chi connectivity index (χ4v) is 4.10. The first-order chi connectivity index (χ1) is 11.8. The maximum atomic E-state index is 6.06. The van der Waals surface area contributed by atoms with E-state index in [1.807, 2.05) is 12.1 Å². The number of rotatable bonds is 6. The fraction of sp³-hybridized carbons (Fsp3) is 0.478. The van der Waals surface area contributed by atoms with Gasteiger partial charge in [0.1, 0.15) is 0 Å². The van der Waals surface area contributed by atoms with Gasteiger partial charge in [0.05, 0.1) is 0 Å². The number of hydrogen-bond acceptors (Lipinski definition) is 1. The molecule has 0 radical (unpaired) electrons. The standard InChI is InChI=1S/C23H31N/c1-2-3-6-18-9-13-20(14-10-18)21-15-11-19(12-16-21)17-22-7-4-5-8-23(22)24/h4-5,7-8,11-12,15-16,18,20H,2-3,6,9-10,13-14,17,24H2,1H3. The van der Waals surface area contributed by atoms with E-state index in [4.69, 9.17) is 5.73 Å². The third kappa shape index (κ3) is 4.41. The molecule has 0 heterocycles. The lowest BCUT2D eigenvalue weighted by atomic mass is 9.77. The Balaban J connectivity index is 1.56. The summed E-state index contributed by atoms with van der Waals surface area (Å²) in [6.45, 7) is 2.30. The van der Waals surface area contributed by atoms with E-state index in [0.29, 0.717) is 0 Å². The van der Waals surface area contributed by atoms with E-state index in [9.17, 15) is 0 Å². The first-order valence-electron chi connectivity index (χ1n) is 9.68. The highest BCUT2D eigenvalue weighted by molar-refractivity contribution is 5.48. The molecule has 1 fully saturated rings. The number of nitrogen functional groups attached to an aromatic ring is 1. The summed E-state index contributed by atoms with van der Waals surface area (Å²) in [7, 11) is 0. The van der Waals surface area contributed by atoms with Crippen LogP contribution in [0, 0.1) is 5.92 Å². The third-order valence-electron chi connectivity index (χ3n) is 5.71. The van der Waals surface area contributed by atoms with Gasteiger partial charge in [0, 0.05) is 5.69 Å². The van der Waals surface area contributed by atoms with E-state index >= 15 is 0 Å². The molecule has 0 bridgehead atoms. The van der Waals surface area contributed by atoms with Gasteiger partial charge in [-0.15, -0.1) is 0 Å². The van der Waals surface area contributed by atoms with Crippen LogP contribution in [0.3, 0.4) is 0 Å². The summed E-state index contributed by atoms with van der Waals surface area (Å²) in [6.07, 6.45) is 10.7. The zero-order chi connectivity index (χ0) is 16.8. The van der Waals surface area contributed by atoms with Gasteiger partial charge in [0.25, 0.3) is 0 Å². The molecule has 1 heteroatoms. The molecule has 0 aromatic heterocycles. The van der Waals surface area contributed by atoms with E-state index in [2.05, 4.69) is 43.3 Å². The minimum absolute atomic E-state index is 0.777. The Morgan fingerprint density at radius 2 is 1.62 bits per heavy atom. The van der Waals surface area contributed by atoms with Gasteiger partial charge in [-0.25, -0.2) is 0 Å². The van der Waals surface area contributed by atoms with Crippen molar-refractivity contribution in [2.75, 3.05) is 5.73 Å². The molecule has 0 saturated heterocycles. The van der Waals surface area contributed by atoms with Gasteiger partial charge in [-0.2, -0.15) is 0 Å². The molecule has 24 heavy (non-hydrogen) atoms. The summed E-state index contributed by atoms with van der Waals surface area (Å²) >= 11 is 0. The van der Waals surface area contributed by atoms with E-state index < -0.39 is 0 Å². The molecule has 1 nitrogen and oxygen atoms in total. The number of benzene rings is 2. The largest absolute Gasteiger partial charge is 0.398 e. The molecular weight excluding hydrogens is 290 g/mol. The molecule has 3 rings (SSSR count). The molecule has 128 valence electrons. The smallest absolute Gasteiger partial charge is 0.0349 e. The lowest BCUT2D eigenvalue weighted by Crippen LogP contribution is -2.13. The van der Waals surface area contributed by atoms with Crippen LogP contribution < -0.4 is 5.73 Å². The van der Waals surface area contributed by atoms with E-state index in [1.165, 1.54) is 61.6 Å². The topological polar surface area (TPSA) is 26.0 Å². The normalized spacial score (nSPS) is 20.9. The van der Waals surface area contributed by atoms with Gasteiger partial charge in [-0.3, -0.25) is 0 Å².